The number of ether oxygens (including phenoxy) is 1. The van der Waals surface area contributed by atoms with E-state index >= 15 is 0 Å². The fraction of sp³-hybridized carbons (Fsp3) is 0.111. The maximum absolute atomic E-state index is 12.0. The topological polar surface area (TPSA) is 48.2 Å². The van der Waals surface area contributed by atoms with Gasteiger partial charge in [-0.15, -0.1) is 0 Å². The minimum absolute atomic E-state index is 0.0434. The van der Waals surface area contributed by atoms with Crippen molar-refractivity contribution in [1.29, 1.82) is 0 Å². The van der Waals surface area contributed by atoms with Crippen LogP contribution in [0.4, 0.5) is 8.78 Å². The highest BCUT2D eigenvalue weighted by molar-refractivity contribution is 9.10. The smallest absolute Gasteiger partial charge is 0.387 e. The monoisotopic (exact) mass is 290 g/mol. The second kappa shape index (κ2) is 4.56. The van der Waals surface area contributed by atoms with Gasteiger partial charge in [0.25, 0.3) is 5.89 Å². The summed E-state index contributed by atoms with van der Waals surface area (Å²) in [7, 11) is 0. The first-order valence-electron chi connectivity index (χ1n) is 4.19. The quantitative estimate of drug-likeness (QED) is 0.871. The normalized spacial score (nSPS) is 10.8. The minimum atomic E-state index is -2.86. The maximum atomic E-state index is 12.0. The molecule has 0 atom stereocenters. The SMILES string of the molecule is FC(F)Oc1cccc(-c2nc(Br)no2)c1. The number of hydrogen-bond donors (Lipinski definition) is 0. The molecule has 1 aromatic carbocycles. The number of alkyl halides is 2. The summed E-state index contributed by atoms with van der Waals surface area (Å²) in [4.78, 5) is 3.90. The summed E-state index contributed by atoms with van der Waals surface area (Å²) in [6, 6.07) is 6.02. The summed E-state index contributed by atoms with van der Waals surface area (Å²) in [6.07, 6.45) is 0. The van der Waals surface area contributed by atoms with E-state index in [1.54, 1.807) is 12.1 Å². The maximum Gasteiger partial charge on any atom is 0.387 e. The zero-order valence-corrected chi connectivity index (χ0v) is 9.32. The van der Waals surface area contributed by atoms with Crippen molar-refractivity contribution in [3.8, 4) is 17.2 Å². The van der Waals surface area contributed by atoms with Crippen LogP contribution in [-0.2, 0) is 0 Å². The molecule has 0 saturated carbocycles. The van der Waals surface area contributed by atoms with E-state index in [-0.39, 0.29) is 11.6 Å². The number of halogens is 3. The van der Waals surface area contributed by atoms with Crippen LogP contribution < -0.4 is 4.74 Å². The molecule has 0 bridgehead atoms. The van der Waals surface area contributed by atoms with Crippen molar-refractivity contribution in [3.05, 3.63) is 29.0 Å². The molecule has 7 heteroatoms. The van der Waals surface area contributed by atoms with Crippen molar-refractivity contribution in [2.45, 2.75) is 6.61 Å². The van der Waals surface area contributed by atoms with Crippen LogP contribution >= 0.6 is 15.9 Å². The molecule has 0 unspecified atom stereocenters. The Hall–Kier alpha value is -1.50. The minimum Gasteiger partial charge on any atom is -0.435 e. The largest absolute Gasteiger partial charge is 0.435 e. The first kappa shape index (κ1) is 11.0. The molecule has 0 fully saturated rings. The van der Waals surface area contributed by atoms with Crippen LogP contribution in [0.2, 0.25) is 0 Å². The third-order valence-corrected chi connectivity index (χ3v) is 2.03. The molecule has 0 aliphatic carbocycles. The molecule has 16 heavy (non-hydrogen) atoms. The fourth-order valence-electron chi connectivity index (χ4n) is 1.13. The van der Waals surface area contributed by atoms with Crippen LogP contribution in [-0.4, -0.2) is 16.8 Å². The zero-order chi connectivity index (χ0) is 11.5. The molecule has 0 spiro atoms. The Labute approximate surface area is 97.4 Å². The van der Waals surface area contributed by atoms with Gasteiger partial charge in [0.1, 0.15) is 5.75 Å². The fourth-order valence-corrected chi connectivity index (χ4v) is 1.36. The molecule has 0 N–H and O–H groups in total. The predicted octanol–water partition coefficient (Wildman–Crippen LogP) is 3.10. The second-order valence-corrected chi connectivity index (χ2v) is 3.48. The van der Waals surface area contributed by atoms with E-state index < -0.39 is 6.61 Å². The van der Waals surface area contributed by atoms with Gasteiger partial charge in [-0.05, 0) is 39.3 Å². The highest BCUT2D eigenvalue weighted by Gasteiger charge is 2.09. The van der Waals surface area contributed by atoms with Gasteiger partial charge in [-0.1, -0.05) is 6.07 Å². The molecule has 1 heterocycles. The highest BCUT2D eigenvalue weighted by Crippen LogP contribution is 2.24. The van der Waals surface area contributed by atoms with Gasteiger partial charge < -0.3 is 9.26 Å². The number of rotatable bonds is 3. The van der Waals surface area contributed by atoms with E-state index in [4.69, 9.17) is 4.52 Å². The van der Waals surface area contributed by atoms with Gasteiger partial charge in [0, 0.05) is 5.56 Å². The molecular formula is C9H5BrF2N2O2. The molecule has 4 nitrogen and oxygen atoms in total. The highest BCUT2D eigenvalue weighted by atomic mass is 79.9. The molecule has 0 aliphatic heterocycles. The first-order valence-corrected chi connectivity index (χ1v) is 4.99. The van der Waals surface area contributed by atoms with Gasteiger partial charge in [0.15, 0.2) is 0 Å². The summed E-state index contributed by atoms with van der Waals surface area (Å²) < 4.78 is 33.4. The number of benzene rings is 1. The van der Waals surface area contributed by atoms with Crippen LogP contribution in [0.3, 0.4) is 0 Å². The number of nitrogens with zero attached hydrogens (tertiary/aromatic N) is 2. The van der Waals surface area contributed by atoms with Gasteiger partial charge in [0.2, 0.25) is 4.73 Å². The Morgan fingerprint density at radius 1 is 1.38 bits per heavy atom. The lowest BCUT2D eigenvalue weighted by atomic mass is 10.2. The van der Waals surface area contributed by atoms with Crippen LogP contribution in [0.5, 0.6) is 5.75 Å². The standard InChI is InChI=1S/C9H5BrF2N2O2/c10-8-13-7(16-14-8)5-2-1-3-6(4-5)15-9(11)12/h1-4,9H. The van der Waals surface area contributed by atoms with Crippen molar-refractivity contribution in [1.82, 2.24) is 10.1 Å². The molecule has 0 radical (unpaired) electrons. The molecule has 1 aromatic heterocycles. The molecule has 0 aliphatic rings. The Balaban J connectivity index is 2.28. The van der Waals surface area contributed by atoms with E-state index in [2.05, 4.69) is 30.8 Å². The average Bonchev–Trinajstić information content (AvgIpc) is 2.64. The lowest BCUT2D eigenvalue weighted by Crippen LogP contribution is -2.01. The lowest BCUT2D eigenvalue weighted by molar-refractivity contribution is -0.0498. The molecule has 0 saturated heterocycles. The van der Waals surface area contributed by atoms with E-state index in [1.807, 2.05) is 0 Å². The van der Waals surface area contributed by atoms with E-state index in [9.17, 15) is 8.78 Å². The molecule has 2 aromatic rings. The molecular weight excluding hydrogens is 286 g/mol. The van der Waals surface area contributed by atoms with Crippen molar-refractivity contribution in [2.75, 3.05) is 0 Å². The molecule has 2 rings (SSSR count). The summed E-state index contributed by atoms with van der Waals surface area (Å²) in [5, 5.41) is 3.53. The van der Waals surface area contributed by atoms with Crippen molar-refractivity contribution < 1.29 is 18.0 Å². The third-order valence-electron chi connectivity index (χ3n) is 1.71. The van der Waals surface area contributed by atoms with Crippen molar-refractivity contribution >= 4 is 15.9 Å². The van der Waals surface area contributed by atoms with Crippen LogP contribution in [0.15, 0.2) is 33.5 Å². The van der Waals surface area contributed by atoms with E-state index in [0.29, 0.717) is 10.3 Å². The van der Waals surface area contributed by atoms with Gasteiger partial charge in [-0.25, -0.2) is 0 Å². The zero-order valence-electron chi connectivity index (χ0n) is 7.73. The van der Waals surface area contributed by atoms with Gasteiger partial charge in [-0.2, -0.15) is 13.8 Å². The summed E-state index contributed by atoms with van der Waals surface area (Å²) in [6.45, 7) is -2.86. The Bertz CT molecular complexity index is 490. The lowest BCUT2D eigenvalue weighted by Gasteiger charge is -2.04. The Morgan fingerprint density at radius 3 is 2.81 bits per heavy atom. The predicted molar refractivity (Wildman–Crippen MR) is 54.1 cm³/mol. The van der Waals surface area contributed by atoms with Crippen molar-refractivity contribution in [2.24, 2.45) is 0 Å². The summed E-state index contributed by atoms with van der Waals surface area (Å²) >= 11 is 3.02. The van der Waals surface area contributed by atoms with Gasteiger partial charge >= 0.3 is 6.61 Å². The number of hydrogen-bond acceptors (Lipinski definition) is 4. The van der Waals surface area contributed by atoms with Crippen LogP contribution in [0, 0.1) is 0 Å². The van der Waals surface area contributed by atoms with Crippen molar-refractivity contribution in [3.63, 3.8) is 0 Å². The Morgan fingerprint density at radius 2 is 2.19 bits per heavy atom. The molecule has 0 amide bonds. The average molecular weight is 291 g/mol. The van der Waals surface area contributed by atoms with Gasteiger partial charge in [0.05, 0.1) is 0 Å². The first-order chi connectivity index (χ1) is 7.65. The van der Waals surface area contributed by atoms with E-state index in [1.165, 1.54) is 12.1 Å². The summed E-state index contributed by atoms with van der Waals surface area (Å²) in [5.41, 5.74) is 0.511. The Kier molecular flexibility index (Phi) is 3.14. The second-order valence-electron chi connectivity index (χ2n) is 2.77. The molecule has 84 valence electrons. The number of aromatic nitrogens is 2. The van der Waals surface area contributed by atoms with Crippen LogP contribution in [0.1, 0.15) is 0 Å². The van der Waals surface area contributed by atoms with Gasteiger partial charge in [-0.3, -0.25) is 0 Å². The van der Waals surface area contributed by atoms with Crippen LogP contribution in [0.25, 0.3) is 11.5 Å². The third kappa shape index (κ3) is 2.54. The van der Waals surface area contributed by atoms with E-state index in [0.717, 1.165) is 0 Å². The summed E-state index contributed by atoms with van der Waals surface area (Å²) in [5.74, 6) is 0.272.